The van der Waals surface area contributed by atoms with Crippen molar-refractivity contribution in [2.45, 2.75) is 18.9 Å². The lowest BCUT2D eigenvalue weighted by molar-refractivity contribution is -0.144. The number of carbonyl (C=O) groups is 1. The van der Waals surface area contributed by atoms with E-state index in [0.717, 1.165) is 19.4 Å². The molecule has 62 valence electrons. The van der Waals surface area contributed by atoms with Crippen LogP contribution in [0.5, 0.6) is 0 Å². The molecular formula is C8H13NO2. The second-order valence-electron chi connectivity index (χ2n) is 2.57. The average molecular weight is 155 g/mol. The minimum absolute atomic E-state index is 0.0741. The van der Waals surface area contributed by atoms with Crippen molar-refractivity contribution in [2.24, 2.45) is 0 Å². The van der Waals surface area contributed by atoms with Crippen LogP contribution in [-0.2, 0) is 9.53 Å². The molecule has 11 heavy (non-hydrogen) atoms. The van der Waals surface area contributed by atoms with E-state index >= 15 is 0 Å². The van der Waals surface area contributed by atoms with E-state index in [1.165, 1.54) is 0 Å². The van der Waals surface area contributed by atoms with Gasteiger partial charge in [0, 0.05) is 0 Å². The molecular weight excluding hydrogens is 142 g/mol. The summed E-state index contributed by atoms with van der Waals surface area (Å²) in [5, 5.41) is 3.06. The Hall–Kier alpha value is -0.830. The van der Waals surface area contributed by atoms with E-state index in [4.69, 9.17) is 4.74 Å². The molecule has 0 aromatic heterocycles. The topological polar surface area (TPSA) is 38.3 Å². The fourth-order valence-electron chi connectivity index (χ4n) is 1.13. The van der Waals surface area contributed by atoms with Crippen molar-refractivity contribution < 1.29 is 9.53 Å². The molecule has 1 saturated heterocycles. The van der Waals surface area contributed by atoms with Gasteiger partial charge in [-0.05, 0) is 19.4 Å². The van der Waals surface area contributed by atoms with Crippen LogP contribution in [0.15, 0.2) is 12.7 Å². The van der Waals surface area contributed by atoms with Gasteiger partial charge >= 0.3 is 5.97 Å². The maximum absolute atomic E-state index is 11.1. The molecule has 0 saturated carbocycles. The highest BCUT2D eigenvalue weighted by Gasteiger charge is 2.22. The molecule has 1 aliphatic heterocycles. The number of carbonyl (C=O) groups excluding carboxylic acids is 1. The van der Waals surface area contributed by atoms with Crippen LogP contribution in [0.2, 0.25) is 0 Å². The van der Waals surface area contributed by atoms with Crippen LogP contribution >= 0.6 is 0 Å². The molecule has 1 fully saturated rings. The quantitative estimate of drug-likeness (QED) is 0.475. The van der Waals surface area contributed by atoms with Gasteiger partial charge < -0.3 is 10.1 Å². The van der Waals surface area contributed by atoms with Gasteiger partial charge in [0.1, 0.15) is 12.6 Å². The van der Waals surface area contributed by atoms with Crippen LogP contribution in [0.4, 0.5) is 0 Å². The van der Waals surface area contributed by atoms with Gasteiger partial charge in [0.05, 0.1) is 0 Å². The molecule has 1 unspecified atom stereocenters. The van der Waals surface area contributed by atoms with Crippen molar-refractivity contribution in [1.29, 1.82) is 0 Å². The van der Waals surface area contributed by atoms with Crippen LogP contribution in [0.3, 0.4) is 0 Å². The zero-order chi connectivity index (χ0) is 8.10. The molecule has 1 rings (SSSR count). The predicted octanol–water partition coefficient (Wildman–Crippen LogP) is 0.468. The van der Waals surface area contributed by atoms with Crippen molar-refractivity contribution in [3.8, 4) is 0 Å². The third-order valence-corrected chi connectivity index (χ3v) is 1.69. The van der Waals surface area contributed by atoms with Crippen LogP contribution in [0, 0.1) is 0 Å². The Morgan fingerprint density at radius 3 is 3.18 bits per heavy atom. The summed E-state index contributed by atoms with van der Waals surface area (Å²) < 4.78 is 4.86. The van der Waals surface area contributed by atoms with Crippen LogP contribution < -0.4 is 5.32 Å². The Morgan fingerprint density at radius 2 is 2.64 bits per heavy atom. The first-order chi connectivity index (χ1) is 5.34. The van der Waals surface area contributed by atoms with Gasteiger partial charge in [-0.25, -0.2) is 0 Å². The maximum atomic E-state index is 11.1. The van der Waals surface area contributed by atoms with Crippen LogP contribution in [0.1, 0.15) is 12.8 Å². The maximum Gasteiger partial charge on any atom is 0.323 e. The van der Waals surface area contributed by atoms with E-state index in [1.807, 2.05) is 0 Å². The van der Waals surface area contributed by atoms with Crippen LogP contribution in [-0.4, -0.2) is 25.2 Å². The number of hydrogen-bond acceptors (Lipinski definition) is 3. The van der Waals surface area contributed by atoms with E-state index in [-0.39, 0.29) is 12.0 Å². The lowest BCUT2D eigenvalue weighted by atomic mass is 10.2. The highest BCUT2D eigenvalue weighted by Crippen LogP contribution is 2.05. The summed E-state index contributed by atoms with van der Waals surface area (Å²) >= 11 is 0. The van der Waals surface area contributed by atoms with Crippen LogP contribution in [0.25, 0.3) is 0 Å². The molecule has 0 aromatic carbocycles. The summed E-state index contributed by atoms with van der Waals surface area (Å²) in [5.41, 5.74) is 0. The van der Waals surface area contributed by atoms with Gasteiger partial charge in [0.25, 0.3) is 0 Å². The Kier molecular flexibility index (Phi) is 3.11. The fraction of sp³-hybridized carbons (Fsp3) is 0.625. The Bertz CT molecular complexity index is 150. The summed E-state index contributed by atoms with van der Waals surface area (Å²) in [6.45, 7) is 4.70. The van der Waals surface area contributed by atoms with Crippen molar-refractivity contribution in [3.05, 3.63) is 12.7 Å². The SMILES string of the molecule is C=CCOC(=O)C1CCCN1. The first-order valence-electron chi connectivity index (χ1n) is 3.85. The van der Waals surface area contributed by atoms with E-state index in [1.54, 1.807) is 6.08 Å². The van der Waals surface area contributed by atoms with Crippen molar-refractivity contribution in [2.75, 3.05) is 13.2 Å². The Balaban J connectivity index is 2.22. The first kappa shape index (κ1) is 8.27. The lowest BCUT2D eigenvalue weighted by Gasteiger charge is -2.07. The van der Waals surface area contributed by atoms with Gasteiger partial charge in [0.15, 0.2) is 0 Å². The summed E-state index contributed by atoms with van der Waals surface area (Å²) in [5.74, 6) is -0.151. The minimum atomic E-state index is -0.151. The summed E-state index contributed by atoms with van der Waals surface area (Å²) in [6, 6.07) is -0.0741. The summed E-state index contributed by atoms with van der Waals surface area (Å²) in [4.78, 5) is 11.1. The molecule has 3 heteroatoms. The second kappa shape index (κ2) is 4.13. The number of esters is 1. The minimum Gasteiger partial charge on any atom is -0.460 e. The highest BCUT2D eigenvalue weighted by atomic mass is 16.5. The smallest absolute Gasteiger partial charge is 0.323 e. The van der Waals surface area contributed by atoms with Gasteiger partial charge in [-0.1, -0.05) is 12.7 Å². The summed E-state index contributed by atoms with van der Waals surface area (Å²) in [6.07, 6.45) is 3.54. The zero-order valence-electron chi connectivity index (χ0n) is 6.51. The van der Waals surface area contributed by atoms with Crippen molar-refractivity contribution in [1.82, 2.24) is 5.32 Å². The molecule has 0 radical (unpaired) electrons. The molecule has 0 amide bonds. The van der Waals surface area contributed by atoms with Gasteiger partial charge in [-0.2, -0.15) is 0 Å². The summed E-state index contributed by atoms with van der Waals surface area (Å²) in [7, 11) is 0. The monoisotopic (exact) mass is 155 g/mol. The van der Waals surface area contributed by atoms with E-state index in [0.29, 0.717) is 6.61 Å². The van der Waals surface area contributed by atoms with Crippen molar-refractivity contribution in [3.63, 3.8) is 0 Å². The predicted molar refractivity (Wildman–Crippen MR) is 42.2 cm³/mol. The first-order valence-corrected chi connectivity index (χ1v) is 3.85. The number of hydrogen-bond donors (Lipinski definition) is 1. The molecule has 0 spiro atoms. The molecule has 1 atom stereocenters. The van der Waals surface area contributed by atoms with E-state index in [9.17, 15) is 4.79 Å². The molecule has 3 nitrogen and oxygen atoms in total. The third kappa shape index (κ3) is 2.35. The fourth-order valence-corrected chi connectivity index (χ4v) is 1.13. The van der Waals surface area contributed by atoms with E-state index < -0.39 is 0 Å². The third-order valence-electron chi connectivity index (χ3n) is 1.69. The molecule has 0 bridgehead atoms. The molecule has 1 N–H and O–H groups in total. The second-order valence-corrected chi connectivity index (χ2v) is 2.57. The van der Waals surface area contributed by atoms with Gasteiger partial charge in [0.2, 0.25) is 0 Å². The van der Waals surface area contributed by atoms with E-state index in [2.05, 4.69) is 11.9 Å². The zero-order valence-corrected chi connectivity index (χ0v) is 6.51. The average Bonchev–Trinajstić information content (AvgIpc) is 2.52. The molecule has 0 aromatic rings. The number of ether oxygens (including phenoxy) is 1. The number of rotatable bonds is 3. The highest BCUT2D eigenvalue weighted by molar-refractivity contribution is 5.76. The Labute approximate surface area is 66.4 Å². The standard InChI is InChI=1S/C8H13NO2/c1-2-6-11-8(10)7-4-3-5-9-7/h2,7,9H,1,3-6H2. The molecule has 0 aliphatic carbocycles. The van der Waals surface area contributed by atoms with Gasteiger partial charge in [-0.3, -0.25) is 4.79 Å². The van der Waals surface area contributed by atoms with Crippen molar-refractivity contribution >= 4 is 5.97 Å². The Morgan fingerprint density at radius 1 is 1.82 bits per heavy atom. The largest absolute Gasteiger partial charge is 0.460 e. The molecule has 1 aliphatic rings. The van der Waals surface area contributed by atoms with Gasteiger partial charge in [-0.15, -0.1) is 0 Å². The molecule has 1 heterocycles. The lowest BCUT2D eigenvalue weighted by Crippen LogP contribution is -2.32. The number of nitrogens with one attached hydrogen (secondary N) is 1. The normalized spacial score (nSPS) is 23.1.